The van der Waals surface area contributed by atoms with Crippen LogP contribution in [0.15, 0.2) is 24.3 Å². The third-order valence-corrected chi connectivity index (χ3v) is 3.82. The lowest BCUT2D eigenvalue weighted by atomic mass is 10.0. The van der Waals surface area contributed by atoms with E-state index in [9.17, 15) is 9.59 Å². The molecule has 1 heterocycles. The molecule has 0 radical (unpaired) electrons. The van der Waals surface area contributed by atoms with Gasteiger partial charge in [-0.1, -0.05) is 11.6 Å². The second-order valence-electron chi connectivity index (χ2n) is 5.19. The lowest BCUT2D eigenvalue weighted by Gasteiger charge is -2.14. The molecule has 0 saturated carbocycles. The highest BCUT2D eigenvalue weighted by atomic mass is 35.5. The van der Waals surface area contributed by atoms with Crippen LogP contribution in [0.25, 0.3) is 0 Å². The number of hydrogen-bond donors (Lipinski definition) is 1. The van der Waals surface area contributed by atoms with Gasteiger partial charge in [0.1, 0.15) is 11.4 Å². The fourth-order valence-corrected chi connectivity index (χ4v) is 2.53. The molecule has 122 valence electrons. The Balaban J connectivity index is 2.24. The van der Waals surface area contributed by atoms with Crippen molar-refractivity contribution in [2.45, 2.75) is 26.9 Å². The number of esters is 1. The van der Waals surface area contributed by atoms with Gasteiger partial charge in [0.25, 0.3) is 0 Å². The van der Waals surface area contributed by atoms with Crippen molar-refractivity contribution in [3.05, 3.63) is 51.8 Å². The van der Waals surface area contributed by atoms with Crippen molar-refractivity contribution in [3.63, 3.8) is 0 Å². The van der Waals surface area contributed by atoms with Gasteiger partial charge in [0.15, 0.2) is 6.10 Å². The summed E-state index contributed by atoms with van der Waals surface area (Å²) in [6.07, 6.45) is -0.699. The van der Waals surface area contributed by atoms with Crippen LogP contribution in [0.2, 0.25) is 5.02 Å². The predicted molar refractivity (Wildman–Crippen MR) is 87.5 cm³/mol. The summed E-state index contributed by atoms with van der Waals surface area (Å²) in [4.78, 5) is 27.3. The maximum atomic E-state index is 12.7. The van der Waals surface area contributed by atoms with E-state index in [-0.39, 0.29) is 11.5 Å². The van der Waals surface area contributed by atoms with E-state index in [0.717, 1.165) is 0 Å². The highest BCUT2D eigenvalue weighted by Gasteiger charge is 2.26. The minimum atomic E-state index is -0.699. The number of rotatable bonds is 5. The number of ketones is 1. The standard InChI is InChI=1S/C17H18ClNO4/c1-9-14(10(2)19-15(9)17(21)22-4)16(20)11(3)23-13-7-5-12(18)6-8-13/h5-8,11,19H,1-4H3/t11-/m0/s1. The van der Waals surface area contributed by atoms with E-state index >= 15 is 0 Å². The monoisotopic (exact) mass is 335 g/mol. The van der Waals surface area contributed by atoms with E-state index in [2.05, 4.69) is 4.98 Å². The molecule has 1 N–H and O–H groups in total. The first-order valence-corrected chi connectivity index (χ1v) is 7.46. The number of benzene rings is 1. The van der Waals surface area contributed by atoms with Crippen LogP contribution in [0, 0.1) is 13.8 Å². The molecule has 0 bridgehead atoms. The Kier molecular flexibility index (Phi) is 5.11. The predicted octanol–water partition coefficient (Wildman–Crippen LogP) is 3.72. The van der Waals surface area contributed by atoms with Crippen molar-refractivity contribution in [2.24, 2.45) is 0 Å². The summed E-state index contributed by atoms with van der Waals surface area (Å²) in [7, 11) is 1.30. The van der Waals surface area contributed by atoms with Crippen LogP contribution < -0.4 is 4.74 Å². The zero-order chi connectivity index (χ0) is 17.1. The highest BCUT2D eigenvalue weighted by Crippen LogP contribution is 2.23. The molecule has 5 nitrogen and oxygen atoms in total. The largest absolute Gasteiger partial charge is 0.483 e. The molecule has 2 rings (SSSR count). The molecule has 0 aliphatic heterocycles. The molecule has 0 spiro atoms. The third kappa shape index (κ3) is 3.56. The molecule has 0 aliphatic rings. The van der Waals surface area contributed by atoms with Gasteiger partial charge in [-0.3, -0.25) is 4.79 Å². The van der Waals surface area contributed by atoms with E-state index in [1.807, 2.05) is 0 Å². The SMILES string of the molecule is COC(=O)c1[nH]c(C)c(C(=O)[C@H](C)Oc2ccc(Cl)cc2)c1C. The number of halogens is 1. The van der Waals surface area contributed by atoms with Gasteiger partial charge in [-0.2, -0.15) is 0 Å². The zero-order valence-corrected chi connectivity index (χ0v) is 14.2. The first kappa shape index (κ1) is 17.1. The first-order chi connectivity index (χ1) is 10.8. The molecule has 0 amide bonds. The van der Waals surface area contributed by atoms with Gasteiger partial charge in [0, 0.05) is 16.3 Å². The first-order valence-electron chi connectivity index (χ1n) is 7.09. The number of ether oxygens (including phenoxy) is 2. The van der Waals surface area contributed by atoms with Crippen LogP contribution in [-0.2, 0) is 4.74 Å². The number of carbonyl (C=O) groups is 2. The van der Waals surface area contributed by atoms with Crippen LogP contribution in [0.1, 0.15) is 39.0 Å². The average Bonchev–Trinajstić information content (AvgIpc) is 2.82. The summed E-state index contributed by atoms with van der Waals surface area (Å²) in [5.74, 6) is -0.161. The zero-order valence-electron chi connectivity index (χ0n) is 13.4. The molecule has 1 aromatic heterocycles. The Morgan fingerprint density at radius 3 is 2.35 bits per heavy atom. The third-order valence-electron chi connectivity index (χ3n) is 3.57. The lowest BCUT2D eigenvalue weighted by Crippen LogP contribution is -2.25. The van der Waals surface area contributed by atoms with Crippen molar-refractivity contribution in [1.82, 2.24) is 4.98 Å². The van der Waals surface area contributed by atoms with E-state index in [1.54, 1.807) is 45.0 Å². The number of H-pyrrole nitrogens is 1. The van der Waals surface area contributed by atoms with Gasteiger partial charge in [-0.25, -0.2) is 4.79 Å². The number of aromatic nitrogens is 1. The molecule has 0 aliphatic carbocycles. The average molecular weight is 336 g/mol. The number of aromatic amines is 1. The fraction of sp³-hybridized carbons (Fsp3) is 0.294. The molecule has 0 saturated heterocycles. The van der Waals surface area contributed by atoms with Gasteiger partial charge in [0.05, 0.1) is 7.11 Å². The second kappa shape index (κ2) is 6.87. The van der Waals surface area contributed by atoms with Crippen LogP contribution in [0.4, 0.5) is 0 Å². The summed E-state index contributed by atoms with van der Waals surface area (Å²) in [5.41, 5.74) is 1.91. The summed E-state index contributed by atoms with van der Waals surface area (Å²) in [6.45, 7) is 5.11. The van der Waals surface area contributed by atoms with Gasteiger partial charge in [-0.15, -0.1) is 0 Å². The van der Waals surface area contributed by atoms with Gasteiger partial charge >= 0.3 is 5.97 Å². The smallest absolute Gasteiger partial charge is 0.354 e. The Bertz CT molecular complexity index is 734. The van der Waals surface area contributed by atoms with Crippen LogP contribution in [-0.4, -0.2) is 30.0 Å². The van der Waals surface area contributed by atoms with E-state index in [4.69, 9.17) is 21.1 Å². The van der Waals surface area contributed by atoms with Crippen molar-refractivity contribution < 1.29 is 19.1 Å². The molecule has 1 aromatic carbocycles. The molecule has 1 atom stereocenters. The number of aryl methyl sites for hydroxylation is 1. The molecular formula is C17H18ClNO4. The summed E-state index contributed by atoms with van der Waals surface area (Å²) in [6, 6.07) is 6.78. The fourth-order valence-electron chi connectivity index (χ4n) is 2.40. The van der Waals surface area contributed by atoms with E-state index in [0.29, 0.717) is 27.6 Å². The second-order valence-corrected chi connectivity index (χ2v) is 5.63. The molecule has 2 aromatic rings. The van der Waals surface area contributed by atoms with Gasteiger partial charge in [0.2, 0.25) is 5.78 Å². The van der Waals surface area contributed by atoms with Crippen LogP contribution in [0.3, 0.4) is 0 Å². The summed E-state index contributed by atoms with van der Waals surface area (Å²) >= 11 is 5.82. The molecule has 23 heavy (non-hydrogen) atoms. The topological polar surface area (TPSA) is 68.4 Å². The Hall–Kier alpha value is -2.27. The van der Waals surface area contributed by atoms with Crippen molar-refractivity contribution in [1.29, 1.82) is 0 Å². The van der Waals surface area contributed by atoms with Gasteiger partial charge in [-0.05, 0) is 50.6 Å². The number of nitrogens with one attached hydrogen (secondary N) is 1. The van der Waals surface area contributed by atoms with E-state index in [1.165, 1.54) is 7.11 Å². The number of hydrogen-bond acceptors (Lipinski definition) is 4. The number of methoxy groups -OCH3 is 1. The minimum Gasteiger partial charge on any atom is -0.483 e. The van der Waals surface area contributed by atoms with E-state index < -0.39 is 12.1 Å². The molecular weight excluding hydrogens is 318 g/mol. The van der Waals surface area contributed by atoms with Crippen LogP contribution >= 0.6 is 11.6 Å². The molecule has 0 fully saturated rings. The minimum absolute atomic E-state index is 0.207. The summed E-state index contributed by atoms with van der Waals surface area (Å²) < 4.78 is 10.4. The number of Topliss-reactive ketones (excluding diaryl/α,β-unsaturated/α-hetero) is 1. The quantitative estimate of drug-likeness (QED) is 0.668. The maximum Gasteiger partial charge on any atom is 0.354 e. The Morgan fingerprint density at radius 2 is 1.78 bits per heavy atom. The van der Waals surface area contributed by atoms with Crippen molar-refractivity contribution >= 4 is 23.4 Å². The summed E-state index contributed by atoms with van der Waals surface area (Å²) in [5, 5.41) is 0.594. The van der Waals surface area contributed by atoms with Crippen LogP contribution in [0.5, 0.6) is 5.75 Å². The lowest BCUT2D eigenvalue weighted by molar-refractivity contribution is 0.0594. The molecule has 0 unspecified atom stereocenters. The van der Waals surface area contributed by atoms with Crippen molar-refractivity contribution in [3.8, 4) is 5.75 Å². The van der Waals surface area contributed by atoms with Crippen molar-refractivity contribution in [2.75, 3.05) is 7.11 Å². The molecule has 6 heteroatoms. The Labute approximate surface area is 139 Å². The Morgan fingerprint density at radius 1 is 1.17 bits per heavy atom. The number of carbonyl (C=O) groups excluding carboxylic acids is 2. The maximum absolute atomic E-state index is 12.7. The highest BCUT2D eigenvalue weighted by molar-refractivity contribution is 6.30. The normalized spacial score (nSPS) is 11.9. The van der Waals surface area contributed by atoms with Gasteiger partial charge < -0.3 is 14.5 Å².